The number of rotatable bonds is 9. The molecule has 1 atom stereocenters. The molecule has 1 unspecified atom stereocenters. The van der Waals surface area contributed by atoms with Gasteiger partial charge in [0.25, 0.3) is 5.91 Å². The van der Waals surface area contributed by atoms with Crippen LogP contribution in [0.2, 0.25) is 0 Å². The van der Waals surface area contributed by atoms with Crippen molar-refractivity contribution in [1.29, 1.82) is 0 Å². The Morgan fingerprint density at radius 2 is 1.89 bits per heavy atom. The summed E-state index contributed by atoms with van der Waals surface area (Å²) in [5, 5.41) is 5.68. The number of nitrogens with one attached hydrogen (secondary N) is 2. The van der Waals surface area contributed by atoms with Gasteiger partial charge in [-0.25, -0.2) is 0 Å². The van der Waals surface area contributed by atoms with E-state index in [4.69, 9.17) is 4.74 Å². The molecule has 2 amide bonds. The number of nitrogens with zero attached hydrogens (tertiary/aromatic N) is 1. The molecular weight excluding hydrogens is 410 g/mol. The van der Waals surface area contributed by atoms with Gasteiger partial charge in [0.05, 0.1) is 19.8 Å². The van der Waals surface area contributed by atoms with Crippen molar-refractivity contribution in [3.63, 3.8) is 0 Å². The van der Waals surface area contributed by atoms with E-state index < -0.39 is 0 Å². The quantitative estimate of drug-likeness (QED) is 0.619. The number of amides is 2. The van der Waals surface area contributed by atoms with Crippen molar-refractivity contribution in [3.8, 4) is 0 Å². The van der Waals surface area contributed by atoms with Crippen LogP contribution in [0.3, 0.4) is 0 Å². The largest absolute Gasteiger partial charge is 0.379 e. The molecule has 150 valence electrons. The van der Waals surface area contributed by atoms with E-state index in [9.17, 15) is 9.59 Å². The molecule has 1 heterocycles. The Labute approximate surface area is 170 Å². The second-order valence-electron chi connectivity index (χ2n) is 6.79. The summed E-state index contributed by atoms with van der Waals surface area (Å²) in [7, 11) is 0. The number of halogens is 1. The second kappa shape index (κ2) is 11.4. The zero-order valence-corrected chi connectivity index (χ0v) is 17.8. The van der Waals surface area contributed by atoms with E-state index in [2.05, 4.69) is 45.3 Å². The first-order valence-corrected chi connectivity index (χ1v) is 10.5. The molecular formula is C20H30BrN3O3. The maximum atomic E-state index is 12.3. The SMILES string of the molecule is CCC(CC)C(CNC(=O)CNC(=O)c1cccc(Br)c1)N1CCOCC1. The maximum Gasteiger partial charge on any atom is 0.251 e. The van der Waals surface area contributed by atoms with Gasteiger partial charge in [-0.05, 0) is 24.1 Å². The lowest BCUT2D eigenvalue weighted by atomic mass is 9.92. The zero-order valence-electron chi connectivity index (χ0n) is 16.2. The summed E-state index contributed by atoms with van der Waals surface area (Å²) < 4.78 is 6.29. The minimum Gasteiger partial charge on any atom is -0.379 e. The fourth-order valence-corrected chi connectivity index (χ4v) is 3.91. The summed E-state index contributed by atoms with van der Waals surface area (Å²) in [6.45, 7) is 8.25. The van der Waals surface area contributed by atoms with Crippen LogP contribution in [0.5, 0.6) is 0 Å². The van der Waals surface area contributed by atoms with Crippen molar-refractivity contribution in [3.05, 3.63) is 34.3 Å². The molecule has 1 aliphatic heterocycles. The number of hydrogen-bond donors (Lipinski definition) is 2. The summed E-state index contributed by atoms with van der Waals surface area (Å²) in [5.74, 6) is 0.110. The molecule has 6 nitrogen and oxygen atoms in total. The lowest BCUT2D eigenvalue weighted by Crippen LogP contribution is -2.52. The molecule has 1 saturated heterocycles. The van der Waals surface area contributed by atoms with Gasteiger partial charge >= 0.3 is 0 Å². The monoisotopic (exact) mass is 439 g/mol. The number of ether oxygens (including phenoxy) is 1. The van der Waals surface area contributed by atoms with Crippen LogP contribution in [0, 0.1) is 5.92 Å². The van der Waals surface area contributed by atoms with Crippen molar-refractivity contribution in [2.24, 2.45) is 5.92 Å². The molecule has 2 N–H and O–H groups in total. The van der Waals surface area contributed by atoms with Gasteiger partial charge in [-0.1, -0.05) is 48.7 Å². The lowest BCUT2D eigenvalue weighted by molar-refractivity contribution is -0.120. The Kier molecular flexibility index (Phi) is 9.24. The molecule has 1 aliphatic rings. The fourth-order valence-electron chi connectivity index (χ4n) is 3.51. The number of hydrogen-bond acceptors (Lipinski definition) is 4. The first kappa shape index (κ1) is 21.9. The Morgan fingerprint density at radius 3 is 2.52 bits per heavy atom. The summed E-state index contributed by atoms with van der Waals surface area (Å²) in [5.41, 5.74) is 0.528. The van der Waals surface area contributed by atoms with Crippen molar-refractivity contribution >= 4 is 27.7 Å². The van der Waals surface area contributed by atoms with E-state index in [1.54, 1.807) is 18.2 Å². The zero-order chi connectivity index (χ0) is 19.6. The maximum absolute atomic E-state index is 12.3. The number of morpholine rings is 1. The normalized spacial score (nSPS) is 16.1. The predicted octanol–water partition coefficient (Wildman–Crippen LogP) is 2.43. The molecule has 0 aliphatic carbocycles. The smallest absolute Gasteiger partial charge is 0.251 e. The third-order valence-electron chi connectivity index (χ3n) is 5.11. The van der Waals surface area contributed by atoms with Gasteiger partial charge in [0.2, 0.25) is 5.91 Å². The van der Waals surface area contributed by atoms with Crippen molar-refractivity contribution in [1.82, 2.24) is 15.5 Å². The third-order valence-corrected chi connectivity index (χ3v) is 5.61. The highest BCUT2D eigenvalue weighted by Gasteiger charge is 2.27. The summed E-state index contributed by atoms with van der Waals surface area (Å²) in [6.07, 6.45) is 2.15. The van der Waals surface area contributed by atoms with E-state index in [0.29, 0.717) is 24.1 Å². The fraction of sp³-hybridized carbons (Fsp3) is 0.600. The van der Waals surface area contributed by atoms with E-state index in [-0.39, 0.29) is 18.4 Å². The number of carbonyl (C=O) groups is 2. The van der Waals surface area contributed by atoms with Crippen molar-refractivity contribution < 1.29 is 14.3 Å². The molecule has 2 rings (SSSR count). The molecule has 1 aromatic carbocycles. The van der Waals surface area contributed by atoms with E-state index in [0.717, 1.165) is 43.6 Å². The van der Waals surface area contributed by atoms with Crippen LogP contribution in [-0.2, 0) is 9.53 Å². The van der Waals surface area contributed by atoms with Gasteiger partial charge in [-0.3, -0.25) is 14.5 Å². The summed E-state index contributed by atoms with van der Waals surface area (Å²) in [4.78, 5) is 26.8. The average Bonchev–Trinajstić information content (AvgIpc) is 2.70. The van der Waals surface area contributed by atoms with Gasteiger partial charge < -0.3 is 15.4 Å². The molecule has 0 radical (unpaired) electrons. The van der Waals surface area contributed by atoms with Gasteiger partial charge in [0.1, 0.15) is 0 Å². The topological polar surface area (TPSA) is 70.7 Å². The molecule has 7 heteroatoms. The Bertz CT molecular complexity index is 616. The highest BCUT2D eigenvalue weighted by atomic mass is 79.9. The first-order chi connectivity index (χ1) is 13.0. The van der Waals surface area contributed by atoms with E-state index in [1.807, 2.05) is 6.07 Å². The summed E-state index contributed by atoms with van der Waals surface area (Å²) >= 11 is 3.34. The number of carbonyl (C=O) groups excluding carboxylic acids is 2. The van der Waals surface area contributed by atoms with E-state index >= 15 is 0 Å². The Hall–Kier alpha value is -1.44. The van der Waals surface area contributed by atoms with Crippen LogP contribution in [0.1, 0.15) is 37.0 Å². The van der Waals surface area contributed by atoms with E-state index in [1.165, 1.54) is 0 Å². The minimum atomic E-state index is -0.254. The Balaban J connectivity index is 1.84. The third kappa shape index (κ3) is 6.90. The van der Waals surface area contributed by atoms with Crippen molar-refractivity contribution in [2.45, 2.75) is 32.7 Å². The first-order valence-electron chi connectivity index (χ1n) is 9.67. The summed E-state index contributed by atoms with van der Waals surface area (Å²) in [6, 6.07) is 7.40. The Morgan fingerprint density at radius 1 is 1.19 bits per heavy atom. The molecule has 0 saturated carbocycles. The molecule has 0 spiro atoms. The molecule has 0 bridgehead atoms. The lowest BCUT2D eigenvalue weighted by Gasteiger charge is -2.38. The van der Waals surface area contributed by atoms with Gasteiger partial charge in [0.15, 0.2) is 0 Å². The van der Waals surface area contributed by atoms with Crippen LogP contribution in [0.15, 0.2) is 28.7 Å². The molecule has 1 fully saturated rings. The second-order valence-corrected chi connectivity index (χ2v) is 7.71. The van der Waals surface area contributed by atoms with Gasteiger partial charge in [-0.2, -0.15) is 0 Å². The molecule has 1 aromatic rings. The molecule has 27 heavy (non-hydrogen) atoms. The number of benzene rings is 1. The van der Waals surface area contributed by atoms with Crippen LogP contribution >= 0.6 is 15.9 Å². The van der Waals surface area contributed by atoms with Crippen LogP contribution in [0.25, 0.3) is 0 Å². The van der Waals surface area contributed by atoms with Crippen LogP contribution < -0.4 is 10.6 Å². The highest BCUT2D eigenvalue weighted by molar-refractivity contribution is 9.10. The standard InChI is InChI=1S/C20H30BrN3O3/c1-3-15(4-2)18(24-8-10-27-11-9-24)13-22-19(25)14-23-20(26)16-6-5-7-17(21)12-16/h5-7,12,15,18H,3-4,8-11,13-14H2,1-2H3,(H,22,25)(H,23,26). The predicted molar refractivity (Wildman–Crippen MR) is 110 cm³/mol. The molecule has 0 aromatic heterocycles. The minimum absolute atomic E-state index is 0.0237. The van der Waals surface area contributed by atoms with Crippen molar-refractivity contribution in [2.75, 3.05) is 39.4 Å². The van der Waals surface area contributed by atoms with Gasteiger partial charge in [0, 0.05) is 35.7 Å². The van der Waals surface area contributed by atoms with Gasteiger partial charge in [-0.15, -0.1) is 0 Å². The highest BCUT2D eigenvalue weighted by Crippen LogP contribution is 2.19. The average molecular weight is 440 g/mol. The van der Waals surface area contributed by atoms with Crippen LogP contribution in [-0.4, -0.2) is 62.1 Å². The van der Waals surface area contributed by atoms with Crippen LogP contribution in [0.4, 0.5) is 0 Å².